The van der Waals surface area contributed by atoms with Gasteiger partial charge in [0.1, 0.15) is 0 Å². The summed E-state index contributed by atoms with van der Waals surface area (Å²) in [5, 5.41) is 0. The van der Waals surface area contributed by atoms with Gasteiger partial charge in [-0.1, -0.05) is 6.07 Å². The molecule has 4 nitrogen and oxygen atoms in total. The van der Waals surface area contributed by atoms with Gasteiger partial charge in [0.2, 0.25) is 5.91 Å². The van der Waals surface area contributed by atoms with E-state index in [-0.39, 0.29) is 5.91 Å². The molecule has 0 aromatic carbocycles. The number of hydrogen-bond donors (Lipinski definition) is 0. The fraction of sp³-hybridized carbons (Fsp3) is 0.625. The summed E-state index contributed by atoms with van der Waals surface area (Å²) in [6.45, 7) is 4.75. The topological polar surface area (TPSA) is 36.4 Å². The van der Waals surface area contributed by atoms with Crippen LogP contribution in [0.4, 0.5) is 0 Å². The molecule has 0 bridgehead atoms. The first-order valence-electron chi connectivity index (χ1n) is 7.66. The number of aromatic nitrogens is 1. The second-order valence-corrected chi connectivity index (χ2v) is 5.96. The summed E-state index contributed by atoms with van der Waals surface area (Å²) in [6, 6.07) is 5.09. The molecule has 1 aromatic heterocycles. The quantitative estimate of drug-likeness (QED) is 0.846. The van der Waals surface area contributed by atoms with Gasteiger partial charge in [-0.05, 0) is 43.9 Å². The van der Waals surface area contributed by atoms with Gasteiger partial charge in [0.05, 0.1) is 0 Å². The maximum absolute atomic E-state index is 11.8. The van der Waals surface area contributed by atoms with E-state index in [9.17, 15) is 4.79 Å². The van der Waals surface area contributed by atoms with Crippen LogP contribution in [0.3, 0.4) is 0 Å². The van der Waals surface area contributed by atoms with E-state index in [4.69, 9.17) is 0 Å². The van der Waals surface area contributed by atoms with Gasteiger partial charge in [-0.2, -0.15) is 0 Å². The molecule has 4 heteroatoms. The summed E-state index contributed by atoms with van der Waals surface area (Å²) in [6.07, 6.45) is 8.54. The van der Waals surface area contributed by atoms with E-state index in [1.54, 1.807) is 6.92 Å². The number of carbonyl (C=O) groups is 1. The lowest BCUT2D eigenvalue weighted by atomic mass is 10.0. The summed E-state index contributed by atoms with van der Waals surface area (Å²) in [5.41, 5.74) is 1.27. The normalized spacial score (nSPS) is 27.1. The third kappa shape index (κ3) is 2.70. The molecule has 20 heavy (non-hydrogen) atoms. The fourth-order valence-corrected chi connectivity index (χ4v) is 3.79. The van der Waals surface area contributed by atoms with Crippen molar-refractivity contribution in [3.63, 3.8) is 0 Å². The standard InChI is InChI=1S/C16H23N3O/c1-13(20)19-10-4-7-16(19)15-6-3-9-18(15)12-14-5-2-8-17-11-14/h2,5,8,11,15-16H,3-4,6-7,9-10,12H2,1H3/t15-,16-/m1/s1. The van der Waals surface area contributed by atoms with Crippen LogP contribution in [-0.2, 0) is 11.3 Å². The van der Waals surface area contributed by atoms with Gasteiger partial charge in [-0.25, -0.2) is 0 Å². The molecule has 3 heterocycles. The van der Waals surface area contributed by atoms with E-state index in [1.165, 1.54) is 18.4 Å². The SMILES string of the molecule is CC(=O)N1CCC[C@@H]1[C@H]1CCCN1Cc1cccnc1. The molecule has 2 aliphatic rings. The van der Waals surface area contributed by atoms with Crippen molar-refractivity contribution in [1.82, 2.24) is 14.8 Å². The lowest BCUT2D eigenvalue weighted by molar-refractivity contribution is -0.130. The van der Waals surface area contributed by atoms with Crippen molar-refractivity contribution >= 4 is 5.91 Å². The number of rotatable bonds is 3. The van der Waals surface area contributed by atoms with E-state index >= 15 is 0 Å². The summed E-state index contributed by atoms with van der Waals surface area (Å²) >= 11 is 0. The molecule has 0 radical (unpaired) electrons. The largest absolute Gasteiger partial charge is 0.338 e. The Morgan fingerprint density at radius 3 is 2.85 bits per heavy atom. The van der Waals surface area contributed by atoms with Crippen LogP contribution in [0, 0.1) is 0 Å². The average molecular weight is 273 g/mol. The Morgan fingerprint density at radius 1 is 1.30 bits per heavy atom. The van der Waals surface area contributed by atoms with Crippen molar-refractivity contribution in [2.45, 2.75) is 51.2 Å². The zero-order valence-electron chi connectivity index (χ0n) is 12.2. The molecule has 2 aliphatic heterocycles. The number of pyridine rings is 1. The first-order valence-corrected chi connectivity index (χ1v) is 7.66. The summed E-state index contributed by atoms with van der Waals surface area (Å²) in [7, 11) is 0. The van der Waals surface area contributed by atoms with Crippen LogP contribution in [-0.4, -0.2) is 45.9 Å². The molecule has 3 rings (SSSR count). The van der Waals surface area contributed by atoms with Crippen LogP contribution in [0.25, 0.3) is 0 Å². The number of nitrogens with zero attached hydrogens (tertiary/aromatic N) is 3. The molecule has 2 saturated heterocycles. The first kappa shape index (κ1) is 13.6. The summed E-state index contributed by atoms with van der Waals surface area (Å²) < 4.78 is 0. The lowest BCUT2D eigenvalue weighted by Crippen LogP contribution is -2.47. The predicted molar refractivity (Wildman–Crippen MR) is 78.1 cm³/mol. The molecule has 0 aliphatic carbocycles. The highest BCUT2D eigenvalue weighted by atomic mass is 16.2. The van der Waals surface area contributed by atoms with E-state index in [0.717, 1.165) is 32.5 Å². The van der Waals surface area contributed by atoms with Crippen LogP contribution in [0.5, 0.6) is 0 Å². The van der Waals surface area contributed by atoms with Gasteiger partial charge in [0.25, 0.3) is 0 Å². The molecule has 0 saturated carbocycles. The van der Waals surface area contributed by atoms with Crippen LogP contribution in [0.2, 0.25) is 0 Å². The Kier molecular flexibility index (Phi) is 4.01. The van der Waals surface area contributed by atoms with Crippen molar-refractivity contribution in [2.24, 2.45) is 0 Å². The second kappa shape index (κ2) is 5.92. The van der Waals surface area contributed by atoms with Gasteiger partial charge in [-0.15, -0.1) is 0 Å². The van der Waals surface area contributed by atoms with Crippen molar-refractivity contribution in [3.8, 4) is 0 Å². The van der Waals surface area contributed by atoms with Gasteiger partial charge in [0.15, 0.2) is 0 Å². The van der Waals surface area contributed by atoms with E-state index in [0.29, 0.717) is 12.1 Å². The zero-order valence-corrected chi connectivity index (χ0v) is 12.2. The molecule has 1 amide bonds. The van der Waals surface area contributed by atoms with Crippen molar-refractivity contribution in [3.05, 3.63) is 30.1 Å². The van der Waals surface area contributed by atoms with Crippen molar-refractivity contribution in [1.29, 1.82) is 0 Å². The molecule has 0 spiro atoms. The van der Waals surface area contributed by atoms with Crippen LogP contribution < -0.4 is 0 Å². The molecular formula is C16H23N3O. The minimum atomic E-state index is 0.237. The first-order chi connectivity index (χ1) is 9.75. The third-order valence-corrected chi connectivity index (χ3v) is 4.67. The highest BCUT2D eigenvalue weighted by molar-refractivity contribution is 5.74. The molecule has 108 valence electrons. The fourth-order valence-electron chi connectivity index (χ4n) is 3.79. The Bertz CT molecular complexity index is 462. The van der Waals surface area contributed by atoms with Gasteiger partial charge in [0, 0.05) is 44.5 Å². The Hall–Kier alpha value is -1.42. The summed E-state index contributed by atoms with van der Waals surface area (Å²) in [4.78, 5) is 20.6. The number of carbonyl (C=O) groups excluding carboxylic acids is 1. The number of amides is 1. The third-order valence-electron chi connectivity index (χ3n) is 4.67. The maximum Gasteiger partial charge on any atom is 0.219 e. The highest BCUT2D eigenvalue weighted by Gasteiger charge is 2.38. The minimum Gasteiger partial charge on any atom is -0.338 e. The maximum atomic E-state index is 11.8. The monoisotopic (exact) mass is 273 g/mol. The Morgan fingerprint density at radius 2 is 2.10 bits per heavy atom. The van der Waals surface area contributed by atoms with Crippen molar-refractivity contribution < 1.29 is 4.79 Å². The molecule has 0 N–H and O–H groups in total. The zero-order chi connectivity index (χ0) is 13.9. The van der Waals surface area contributed by atoms with Crippen LogP contribution in [0.1, 0.15) is 38.2 Å². The van der Waals surface area contributed by atoms with E-state index in [2.05, 4.69) is 20.9 Å². The predicted octanol–water partition coefficient (Wildman–Crippen LogP) is 2.06. The van der Waals surface area contributed by atoms with Gasteiger partial charge >= 0.3 is 0 Å². The smallest absolute Gasteiger partial charge is 0.219 e. The Labute approximate surface area is 120 Å². The van der Waals surface area contributed by atoms with Crippen LogP contribution in [0.15, 0.2) is 24.5 Å². The second-order valence-electron chi connectivity index (χ2n) is 5.96. The highest BCUT2D eigenvalue weighted by Crippen LogP contribution is 2.30. The molecule has 1 aromatic rings. The lowest BCUT2D eigenvalue weighted by Gasteiger charge is -2.34. The van der Waals surface area contributed by atoms with Gasteiger partial charge in [-0.3, -0.25) is 14.7 Å². The summed E-state index contributed by atoms with van der Waals surface area (Å²) in [5.74, 6) is 0.237. The number of likely N-dealkylation sites (tertiary alicyclic amines) is 2. The molecule has 2 atom stereocenters. The molecule has 2 fully saturated rings. The van der Waals surface area contributed by atoms with Crippen molar-refractivity contribution in [2.75, 3.05) is 13.1 Å². The Balaban J connectivity index is 1.71. The molecule has 0 unspecified atom stereocenters. The minimum absolute atomic E-state index is 0.237. The van der Waals surface area contributed by atoms with E-state index in [1.807, 2.05) is 18.5 Å². The van der Waals surface area contributed by atoms with Gasteiger partial charge < -0.3 is 4.90 Å². The number of hydrogen-bond acceptors (Lipinski definition) is 3. The average Bonchev–Trinajstić information content (AvgIpc) is 3.07. The molecular weight excluding hydrogens is 250 g/mol. The van der Waals surface area contributed by atoms with E-state index < -0.39 is 0 Å². The van der Waals surface area contributed by atoms with Crippen LogP contribution >= 0.6 is 0 Å².